The maximum atomic E-state index is 11.0. The number of aryl methyl sites for hydroxylation is 1. The average Bonchev–Trinajstić information content (AvgIpc) is 2.77. The van der Waals surface area contributed by atoms with Gasteiger partial charge in [0.2, 0.25) is 11.7 Å². The molecule has 0 bridgehead atoms. The van der Waals surface area contributed by atoms with Gasteiger partial charge >= 0.3 is 5.97 Å². The summed E-state index contributed by atoms with van der Waals surface area (Å²) in [6.07, 6.45) is 1.64. The number of rotatable bonds is 3. The minimum atomic E-state index is -0.419. The van der Waals surface area contributed by atoms with Crippen LogP contribution in [0.25, 0.3) is 11.5 Å². The van der Waals surface area contributed by atoms with Gasteiger partial charge in [-0.25, -0.2) is 0 Å². The maximum Gasteiger partial charge on any atom is 0.315 e. The summed E-state index contributed by atoms with van der Waals surface area (Å²) >= 11 is 0. The van der Waals surface area contributed by atoms with Gasteiger partial charge in [-0.05, 0) is 24.6 Å². The van der Waals surface area contributed by atoms with Crippen molar-refractivity contribution in [2.75, 3.05) is 7.11 Å². The lowest BCUT2D eigenvalue weighted by atomic mass is 10.2. The zero-order valence-corrected chi connectivity index (χ0v) is 9.51. The highest BCUT2D eigenvalue weighted by atomic mass is 16.5. The van der Waals surface area contributed by atoms with Crippen LogP contribution < -0.4 is 0 Å². The summed E-state index contributed by atoms with van der Waals surface area (Å²) in [6, 6.07) is 3.71. The van der Waals surface area contributed by atoms with Crippen LogP contribution in [0.15, 0.2) is 22.9 Å². The Morgan fingerprint density at radius 3 is 3.06 bits per heavy atom. The topological polar surface area (TPSA) is 78.1 Å². The third-order valence-electron chi connectivity index (χ3n) is 2.14. The number of methoxy groups -OCH3 is 1. The number of aromatic nitrogens is 3. The minimum absolute atomic E-state index is 0.0324. The molecule has 0 radical (unpaired) electrons. The molecule has 0 aliphatic carbocycles. The predicted octanol–water partition coefficient (Wildman–Crippen LogP) is 1.16. The Morgan fingerprint density at radius 2 is 2.35 bits per heavy atom. The van der Waals surface area contributed by atoms with E-state index in [0.29, 0.717) is 11.5 Å². The highest BCUT2D eigenvalue weighted by molar-refractivity contribution is 5.71. The van der Waals surface area contributed by atoms with Crippen molar-refractivity contribution in [2.24, 2.45) is 0 Å². The summed E-state index contributed by atoms with van der Waals surface area (Å²) in [4.78, 5) is 19.2. The van der Waals surface area contributed by atoms with Crippen molar-refractivity contribution >= 4 is 5.97 Å². The number of nitrogens with zero attached hydrogens (tertiary/aromatic N) is 3. The lowest BCUT2D eigenvalue weighted by Gasteiger charge is -1.94. The number of carbonyl (C=O) groups excluding carboxylic acids is 1. The Labute approximate surface area is 97.6 Å². The van der Waals surface area contributed by atoms with E-state index < -0.39 is 5.97 Å². The fraction of sp³-hybridized carbons (Fsp3) is 0.273. The van der Waals surface area contributed by atoms with Gasteiger partial charge in [-0.15, -0.1) is 0 Å². The summed E-state index contributed by atoms with van der Waals surface area (Å²) in [5.74, 6) is 0.167. The van der Waals surface area contributed by atoms with E-state index in [9.17, 15) is 4.79 Å². The molecule has 0 N–H and O–H groups in total. The summed E-state index contributed by atoms with van der Waals surface area (Å²) in [7, 11) is 1.31. The number of esters is 1. The van der Waals surface area contributed by atoms with Crippen LogP contribution in [0.5, 0.6) is 0 Å². The monoisotopic (exact) mass is 233 g/mol. The number of hydrogen-bond donors (Lipinski definition) is 0. The molecule has 0 saturated heterocycles. The largest absolute Gasteiger partial charge is 0.469 e. The molecule has 6 heteroatoms. The highest BCUT2D eigenvalue weighted by Crippen LogP contribution is 2.14. The van der Waals surface area contributed by atoms with Gasteiger partial charge in [0.1, 0.15) is 12.1 Å². The molecular weight excluding hydrogens is 222 g/mol. The first kappa shape index (κ1) is 11.3. The van der Waals surface area contributed by atoms with Crippen molar-refractivity contribution in [1.29, 1.82) is 0 Å². The predicted molar refractivity (Wildman–Crippen MR) is 58.0 cm³/mol. The molecule has 2 aromatic heterocycles. The first-order chi connectivity index (χ1) is 8.19. The smallest absolute Gasteiger partial charge is 0.315 e. The molecule has 0 amide bonds. The molecule has 2 rings (SSSR count). The summed E-state index contributed by atoms with van der Waals surface area (Å²) in [5.41, 5.74) is 1.67. The van der Waals surface area contributed by atoms with Crippen LogP contribution in [0, 0.1) is 6.92 Å². The Hall–Kier alpha value is -2.24. The SMILES string of the molecule is COC(=O)Cc1nc(-c2cc(C)ccn2)no1. The van der Waals surface area contributed by atoms with Crippen molar-refractivity contribution in [3.63, 3.8) is 0 Å². The maximum absolute atomic E-state index is 11.0. The van der Waals surface area contributed by atoms with Gasteiger partial charge in [-0.3, -0.25) is 9.78 Å². The molecule has 0 aliphatic rings. The van der Waals surface area contributed by atoms with Crippen LogP contribution in [0.2, 0.25) is 0 Å². The third kappa shape index (κ3) is 2.66. The van der Waals surface area contributed by atoms with E-state index in [-0.39, 0.29) is 12.3 Å². The lowest BCUT2D eigenvalue weighted by molar-refractivity contribution is -0.140. The summed E-state index contributed by atoms with van der Waals surface area (Å²) in [5, 5.41) is 3.76. The Balaban J connectivity index is 2.21. The van der Waals surface area contributed by atoms with Gasteiger partial charge in [-0.1, -0.05) is 5.16 Å². The number of pyridine rings is 1. The van der Waals surface area contributed by atoms with Gasteiger partial charge in [0.15, 0.2) is 0 Å². The van der Waals surface area contributed by atoms with E-state index in [4.69, 9.17) is 4.52 Å². The molecule has 88 valence electrons. The summed E-state index contributed by atoms with van der Waals surface area (Å²) < 4.78 is 9.44. The summed E-state index contributed by atoms with van der Waals surface area (Å²) in [6.45, 7) is 1.95. The second-order valence-electron chi connectivity index (χ2n) is 3.48. The van der Waals surface area contributed by atoms with E-state index >= 15 is 0 Å². The van der Waals surface area contributed by atoms with Crippen molar-refractivity contribution in [1.82, 2.24) is 15.1 Å². The van der Waals surface area contributed by atoms with Crippen LogP contribution in [-0.4, -0.2) is 28.2 Å². The molecule has 17 heavy (non-hydrogen) atoms. The zero-order chi connectivity index (χ0) is 12.3. The first-order valence-electron chi connectivity index (χ1n) is 5.01. The second-order valence-corrected chi connectivity index (χ2v) is 3.48. The van der Waals surface area contributed by atoms with Crippen LogP contribution in [0.3, 0.4) is 0 Å². The van der Waals surface area contributed by atoms with Crippen LogP contribution in [0.4, 0.5) is 0 Å². The molecule has 0 aliphatic heterocycles. The molecule has 0 spiro atoms. The molecule has 2 heterocycles. The van der Waals surface area contributed by atoms with Gasteiger partial charge in [0.25, 0.3) is 0 Å². The number of ether oxygens (including phenoxy) is 1. The van der Waals surface area contributed by atoms with Crippen LogP contribution in [0.1, 0.15) is 11.5 Å². The minimum Gasteiger partial charge on any atom is -0.469 e. The molecule has 0 aromatic carbocycles. The standard InChI is InChI=1S/C11H11N3O3/c1-7-3-4-12-8(5-7)11-13-9(17-14-11)6-10(15)16-2/h3-5H,6H2,1-2H3. The molecule has 0 atom stereocenters. The third-order valence-corrected chi connectivity index (χ3v) is 2.14. The van der Waals surface area contributed by atoms with E-state index in [1.807, 2.05) is 19.1 Å². The fourth-order valence-corrected chi connectivity index (χ4v) is 1.28. The Bertz CT molecular complexity index is 536. The van der Waals surface area contributed by atoms with E-state index in [1.165, 1.54) is 7.11 Å². The number of hydrogen-bond acceptors (Lipinski definition) is 6. The van der Waals surface area contributed by atoms with E-state index in [2.05, 4.69) is 19.9 Å². The van der Waals surface area contributed by atoms with Crippen molar-refractivity contribution in [3.8, 4) is 11.5 Å². The van der Waals surface area contributed by atoms with Crippen LogP contribution in [-0.2, 0) is 16.0 Å². The van der Waals surface area contributed by atoms with Crippen molar-refractivity contribution < 1.29 is 14.1 Å². The zero-order valence-electron chi connectivity index (χ0n) is 9.51. The van der Waals surface area contributed by atoms with Gasteiger partial charge in [0.05, 0.1) is 7.11 Å². The van der Waals surface area contributed by atoms with Crippen LogP contribution >= 0.6 is 0 Å². The molecule has 2 aromatic rings. The second kappa shape index (κ2) is 4.73. The van der Waals surface area contributed by atoms with Gasteiger partial charge in [-0.2, -0.15) is 4.98 Å². The van der Waals surface area contributed by atoms with E-state index in [0.717, 1.165) is 5.56 Å². The average molecular weight is 233 g/mol. The number of carbonyl (C=O) groups is 1. The normalized spacial score (nSPS) is 10.2. The first-order valence-corrected chi connectivity index (χ1v) is 5.01. The van der Waals surface area contributed by atoms with Gasteiger partial charge < -0.3 is 9.26 Å². The van der Waals surface area contributed by atoms with E-state index in [1.54, 1.807) is 6.20 Å². The quantitative estimate of drug-likeness (QED) is 0.740. The fourth-order valence-electron chi connectivity index (χ4n) is 1.28. The Kier molecular flexibility index (Phi) is 3.13. The lowest BCUT2D eigenvalue weighted by Crippen LogP contribution is -2.04. The van der Waals surface area contributed by atoms with Crippen molar-refractivity contribution in [2.45, 2.75) is 13.3 Å². The van der Waals surface area contributed by atoms with Crippen molar-refractivity contribution in [3.05, 3.63) is 29.8 Å². The molecule has 0 unspecified atom stereocenters. The highest BCUT2D eigenvalue weighted by Gasteiger charge is 2.13. The molecule has 6 nitrogen and oxygen atoms in total. The molecular formula is C11H11N3O3. The molecule has 0 fully saturated rings. The molecule has 0 saturated carbocycles. The van der Waals surface area contributed by atoms with Gasteiger partial charge in [0, 0.05) is 6.20 Å². The Morgan fingerprint density at radius 1 is 1.53 bits per heavy atom.